The van der Waals surface area contributed by atoms with Gasteiger partial charge in [-0.1, -0.05) is 34.1 Å². The summed E-state index contributed by atoms with van der Waals surface area (Å²) in [7, 11) is 0. The van der Waals surface area contributed by atoms with Crippen molar-refractivity contribution in [3.63, 3.8) is 0 Å². The van der Waals surface area contributed by atoms with Crippen molar-refractivity contribution >= 4 is 26.8 Å². The fourth-order valence-electron chi connectivity index (χ4n) is 2.70. The van der Waals surface area contributed by atoms with E-state index in [-0.39, 0.29) is 11.7 Å². The minimum atomic E-state index is -0.222. The van der Waals surface area contributed by atoms with E-state index in [1.165, 1.54) is 11.6 Å². The van der Waals surface area contributed by atoms with Crippen molar-refractivity contribution in [2.24, 2.45) is 5.73 Å². The first-order valence-electron chi connectivity index (χ1n) is 6.89. The van der Waals surface area contributed by atoms with Crippen LogP contribution in [0, 0.1) is 5.82 Å². The summed E-state index contributed by atoms with van der Waals surface area (Å²) in [6, 6.07) is 12.9. The zero-order chi connectivity index (χ0) is 14.8. The van der Waals surface area contributed by atoms with Crippen LogP contribution in [-0.4, -0.2) is 11.5 Å². The third-order valence-electron chi connectivity index (χ3n) is 3.82. The first kappa shape index (κ1) is 14.3. The second-order valence-corrected chi connectivity index (χ2v) is 6.02. The van der Waals surface area contributed by atoms with E-state index in [1.54, 1.807) is 12.1 Å². The van der Waals surface area contributed by atoms with Gasteiger partial charge in [0.15, 0.2) is 0 Å². The second kappa shape index (κ2) is 6.00. The molecule has 0 bridgehead atoms. The molecule has 0 aliphatic heterocycles. The van der Waals surface area contributed by atoms with Crippen molar-refractivity contribution in [1.29, 1.82) is 0 Å². The van der Waals surface area contributed by atoms with Crippen molar-refractivity contribution in [2.75, 3.05) is 6.54 Å². The summed E-state index contributed by atoms with van der Waals surface area (Å²) in [4.78, 5) is 3.20. The Bertz CT molecular complexity index is 766. The fourth-order valence-corrected chi connectivity index (χ4v) is 3.15. The molecule has 0 spiro atoms. The molecule has 1 unspecified atom stereocenters. The highest BCUT2D eigenvalue weighted by molar-refractivity contribution is 9.10. The van der Waals surface area contributed by atoms with Gasteiger partial charge in [-0.25, -0.2) is 4.39 Å². The lowest BCUT2D eigenvalue weighted by molar-refractivity contribution is 0.629. The lowest BCUT2D eigenvalue weighted by Crippen LogP contribution is -2.15. The number of fused-ring (bicyclic) bond motifs is 1. The van der Waals surface area contributed by atoms with E-state index in [1.807, 2.05) is 24.4 Å². The van der Waals surface area contributed by atoms with E-state index in [9.17, 15) is 4.39 Å². The van der Waals surface area contributed by atoms with Crippen molar-refractivity contribution in [1.82, 2.24) is 4.98 Å². The molecule has 0 amide bonds. The van der Waals surface area contributed by atoms with Gasteiger partial charge in [0.25, 0.3) is 0 Å². The second-order valence-electron chi connectivity index (χ2n) is 5.16. The molecule has 0 aliphatic rings. The van der Waals surface area contributed by atoms with Crippen LogP contribution in [0.4, 0.5) is 4.39 Å². The normalized spacial score (nSPS) is 12.7. The van der Waals surface area contributed by atoms with Gasteiger partial charge in [-0.2, -0.15) is 0 Å². The van der Waals surface area contributed by atoms with E-state index in [0.29, 0.717) is 6.54 Å². The van der Waals surface area contributed by atoms with Crippen molar-refractivity contribution in [3.8, 4) is 0 Å². The number of aromatic nitrogens is 1. The molecule has 1 heterocycles. The zero-order valence-electron chi connectivity index (χ0n) is 11.4. The molecule has 0 saturated heterocycles. The molecular formula is C17H16BrFN2. The summed E-state index contributed by atoms with van der Waals surface area (Å²) in [5.41, 5.74) is 9.19. The van der Waals surface area contributed by atoms with Gasteiger partial charge in [-0.05, 0) is 48.4 Å². The lowest BCUT2D eigenvalue weighted by atomic mass is 9.92. The largest absolute Gasteiger partial charge is 0.361 e. The van der Waals surface area contributed by atoms with Crippen LogP contribution in [-0.2, 0) is 6.42 Å². The molecule has 108 valence electrons. The highest BCUT2D eigenvalue weighted by Gasteiger charge is 2.16. The summed E-state index contributed by atoms with van der Waals surface area (Å²) in [6.45, 7) is 0.519. The Morgan fingerprint density at radius 3 is 2.76 bits per heavy atom. The molecule has 3 aromatic rings. The van der Waals surface area contributed by atoms with Crippen LogP contribution >= 0.6 is 15.9 Å². The van der Waals surface area contributed by atoms with E-state index >= 15 is 0 Å². The number of rotatable bonds is 4. The summed E-state index contributed by atoms with van der Waals surface area (Å²) in [6.07, 6.45) is 2.76. The van der Waals surface area contributed by atoms with Gasteiger partial charge in [-0.3, -0.25) is 0 Å². The van der Waals surface area contributed by atoms with Gasteiger partial charge in [-0.15, -0.1) is 0 Å². The number of nitrogens with two attached hydrogens (primary N) is 1. The number of halogens is 2. The molecule has 1 atom stereocenters. The van der Waals surface area contributed by atoms with E-state index in [2.05, 4.69) is 27.0 Å². The standard InChI is InChI=1S/C17H16BrFN2/c18-16-4-2-1-3-11(16)7-12(9-20)15-10-21-17-6-5-13(19)8-14(15)17/h1-6,8,10,12,21H,7,9,20H2. The summed E-state index contributed by atoms with van der Waals surface area (Å²) in [5.74, 6) is -0.0701. The average molecular weight is 347 g/mol. The number of H-pyrrole nitrogens is 1. The molecule has 2 nitrogen and oxygen atoms in total. The Morgan fingerprint density at radius 1 is 1.19 bits per heavy atom. The van der Waals surface area contributed by atoms with E-state index < -0.39 is 0 Å². The van der Waals surface area contributed by atoms with Gasteiger partial charge < -0.3 is 10.7 Å². The average Bonchev–Trinajstić information content (AvgIpc) is 2.89. The SMILES string of the molecule is NCC(Cc1ccccc1Br)c1c[nH]c2ccc(F)cc12. The first-order chi connectivity index (χ1) is 10.2. The number of hydrogen-bond acceptors (Lipinski definition) is 1. The Labute approximate surface area is 131 Å². The lowest BCUT2D eigenvalue weighted by Gasteiger charge is -2.15. The van der Waals surface area contributed by atoms with Crippen LogP contribution in [0.3, 0.4) is 0 Å². The Hall–Kier alpha value is -1.65. The van der Waals surface area contributed by atoms with Crippen molar-refractivity contribution in [2.45, 2.75) is 12.3 Å². The topological polar surface area (TPSA) is 41.8 Å². The van der Waals surface area contributed by atoms with E-state index in [0.717, 1.165) is 27.4 Å². The molecular weight excluding hydrogens is 331 g/mol. The van der Waals surface area contributed by atoms with Gasteiger partial charge in [0.05, 0.1) is 0 Å². The minimum Gasteiger partial charge on any atom is -0.361 e. The van der Waals surface area contributed by atoms with Crippen LogP contribution < -0.4 is 5.73 Å². The Morgan fingerprint density at radius 2 is 2.00 bits per heavy atom. The maximum atomic E-state index is 13.5. The van der Waals surface area contributed by atoms with Crippen LogP contribution in [0.15, 0.2) is 53.1 Å². The molecule has 4 heteroatoms. The van der Waals surface area contributed by atoms with Crippen molar-refractivity contribution in [3.05, 3.63) is 70.1 Å². The van der Waals surface area contributed by atoms with Crippen molar-refractivity contribution < 1.29 is 4.39 Å². The minimum absolute atomic E-state index is 0.152. The molecule has 0 aliphatic carbocycles. The Kier molecular flexibility index (Phi) is 4.08. The molecule has 3 rings (SSSR count). The van der Waals surface area contributed by atoms with Gasteiger partial charge in [0.1, 0.15) is 5.82 Å². The molecule has 0 fully saturated rings. The predicted molar refractivity (Wildman–Crippen MR) is 87.9 cm³/mol. The van der Waals surface area contributed by atoms with Gasteiger partial charge >= 0.3 is 0 Å². The van der Waals surface area contributed by atoms with E-state index in [4.69, 9.17) is 5.73 Å². The number of nitrogens with one attached hydrogen (secondary N) is 1. The van der Waals surface area contributed by atoms with Crippen LogP contribution in [0.25, 0.3) is 10.9 Å². The molecule has 2 aromatic carbocycles. The zero-order valence-corrected chi connectivity index (χ0v) is 13.0. The maximum absolute atomic E-state index is 13.5. The fraction of sp³-hybridized carbons (Fsp3) is 0.176. The maximum Gasteiger partial charge on any atom is 0.123 e. The summed E-state index contributed by atoms with van der Waals surface area (Å²) >= 11 is 3.57. The summed E-state index contributed by atoms with van der Waals surface area (Å²) < 4.78 is 14.6. The highest BCUT2D eigenvalue weighted by atomic mass is 79.9. The molecule has 0 saturated carbocycles. The van der Waals surface area contributed by atoms with Crippen LogP contribution in [0.1, 0.15) is 17.0 Å². The smallest absolute Gasteiger partial charge is 0.123 e. The molecule has 3 N–H and O–H groups in total. The van der Waals surface area contributed by atoms with Crippen LogP contribution in [0.5, 0.6) is 0 Å². The molecule has 1 aromatic heterocycles. The first-order valence-corrected chi connectivity index (χ1v) is 7.68. The third kappa shape index (κ3) is 2.87. The molecule has 21 heavy (non-hydrogen) atoms. The molecule has 0 radical (unpaired) electrons. The predicted octanol–water partition coefficient (Wildman–Crippen LogP) is 4.35. The summed E-state index contributed by atoms with van der Waals surface area (Å²) in [5, 5.41) is 0.914. The van der Waals surface area contributed by atoms with Gasteiger partial charge in [0.2, 0.25) is 0 Å². The highest BCUT2D eigenvalue weighted by Crippen LogP contribution is 2.30. The third-order valence-corrected chi connectivity index (χ3v) is 4.60. The number of hydrogen-bond donors (Lipinski definition) is 2. The van der Waals surface area contributed by atoms with Crippen LogP contribution in [0.2, 0.25) is 0 Å². The quantitative estimate of drug-likeness (QED) is 0.724. The number of aromatic amines is 1. The monoisotopic (exact) mass is 346 g/mol. The Balaban J connectivity index is 1.99. The number of benzene rings is 2. The van der Waals surface area contributed by atoms with Gasteiger partial charge in [0, 0.05) is 27.5 Å².